The fourth-order valence-corrected chi connectivity index (χ4v) is 4.48. The number of hydrogen-bond acceptors (Lipinski definition) is 6. The minimum Gasteiger partial charge on any atom is -0.494 e. The molecule has 2 aromatic rings. The van der Waals surface area contributed by atoms with E-state index in [4.69, 9.17) is 9.47 Å². The third-order valence-electron chi connectivity index (χ3n) is 4.53. The lowest BCUT2D eigenvalue weighted by atomic mass is 10.1. The SMILES string of the molecule is COc1cc(NC(=O)c2ccccc2)c(OC)cc1NC(=O)C[C@H]1C=CS(=O)(=O)C1. The van der Waals surface area contributed by atoms with Gasteiger partial charge in [-0.1, -0.05) is 24.3 Å². The van der Waals surface area contributed by atoms with Crippen molar-refractivity contribution in [1.82, 2.24) is 0 Å². The average Bonchev–Trinajstić information content (AvgIpc) is 3.07. The topological polar surface area (TPSA) is 111 Å². The van der Waals surface area contributed by atoms with Crippen molar-refractivity contribution < 1.29 is 27.5 Å². The number of rotatable bonds is 7. The molecule has 0 aromatic heterocycles. The molecule has 9 heteroatoms. The highest BCUT2D eigenvalue weighted by atomic mass is 32.2. The summed E-state index contributed by atoms with van der Waals surface area (Å²) in [7, 11) is -0.342. The van der Waals surface area contributed by atoms with Gasteiger partial charge in [-0.15, -0.1) is 0 Å². The molecule has 0 radical (unpaired) electrons. The van der Waals surface area contributed by atoms with E-state index in [1.165, 1.54) is 20.3 Å². The Hall–Kier alpha value is -3.33. The largest absolute Gasteiger partial charge is 0.494 e. The Morgan fingerprint density at radius 2 is 1.60 bits per heavy atom. The Morgan fingerprint density at radius 3 is 2.13 bits per heavy atom. The van der Waals surface area contributed by atoms with Crippen molar-refractivity contribution in [3.8, 4) is 11.5 Å². The zero-order valence-electron chi connectivity index (χ0n) is 16.5. The predicted octanol–water partition coefficient (Wildman–Crippen LogP) is 2.84. The summed E-state index contributed by atoms with van der Waals surface area (Å²) in [5.41, 5.74) is 1.21. The molecule has 8 nitrogen and oxygen atoms in total. The normalized spacial score (nSPS) is 16.7. The Labute approximate surface area is 174 Å². The van der Waals surface area contributed by atoms with Crippen LogP contribution in [0.15, 0.2) is 53.9 Å². The molecule has 0 bridgehead atoms. The Balaban J connectivity index is 1.76. The number of sulfone groups is 1. The van der Waals surface area contributed by atoms with Crippen LogP contribution in [-0.2, 0) is 14.6 Å². The number of amides is 2. The zero-order valence-corrected chi connectivity index (χ0v) is 17.4. The van der Waals surface area contributed by atoms with Crippen molar-refractivity contribution in [2.24, 2.45) is 5.92 Å². The highest BCUT2D eigenvalue weighted by molar-refractivity contribution is 7.94. The maximum Gasteiger partial charge on any atom is 0.255 e. The molecule has 0 saturated heterocycles. The molecule has 1 aliphatic heterocycles. The van der Waals surface area contributed by atoms with Crippen LogP contribution in [0.4, 0.5) is 11.4 Å². The molecule has 2 aromatic carbocycles. The summed E-state index contributed by atoms with van der Waals surface area (Å²) in [4.78, 5) is 24.8. The molecule has 1 heterocycles. The van der Waals surface area contributed by atoms with Crippen LogP contribution >= 0.6 is 0 Å². The van der Waals surface area contributed by atoms with Crippen molar-refractivity contribution in [2.45, 2.75) is 6.42 Å². The Kier molecular flexibility index (Phi) is 6.41. The number of allylic oxidation sites excluding steroid dienone is 1. The molecule has 0 fully saturated rings. The number of ether oxygens (including phenoxy) is 2. The molecule has 0 saturated carbocycles. The van der Waals surface area contributed by atoms with Crippen LogP contribution in [0, 0.1) is 5.92 Å². The molecule has 0 aliphatic carbocycles. The fourth-order valence-electron chi connectivity index (χ4n) is 3.08. The molecular formula is C21H22N2O6S. The highest BCUT2D eigenvalue weighted by Crippen LogP contribution is 2.37. The van der Waals surface area contributed by atoms with Gasteiger partial charge in [-0.05, 0) is 12.1 Å². The standard InChI is InChI=1S/C21H22N2O6S/c1-28-18-12-17(23-21(25)15-6-4-3-5-7-15)19(29-2)11-16(18)22-20(24)10-14-8-9-30(26,27)13-14/h3-9,11-12,14H,10,13H2,1-2H3,(H,22,24)(H,23,25)/t14-/m1/s1. The van der Waals surface area contributed by atoms with Gasteiger partial charge in [0, 0.05) is 35.4 Å². The first-order chi connectivity index (χ1) is 14.3. The lowest BCUT2D eigenvalue weighted by molar-refractivity contribution is -0.116. The molecule has 3 rings (SSSR count). The Bertz CT molecular complexity index is 1080. The lowest BCUT2D eigenvalue weighted by Crippen LogP contribution is -2.18. The molecule has 2 N–H and O–H groups in total. The lowest BCUT2D eigenvalue weighted by Gasteiger charge is -2.16. The maximum atomic E-state index is 12.5. The highest BCUT2D eigenvalue weighted by Gasteiger charge is 2.24. The van der Waals surface area contributed by atoms with Gasteiger partial charge in [-0.3, -0.25) is 9.59 Å². The second kappa shape index (κ2) is 9.00. The number of nitrogens with one attached hydrogen (secondary N) is 2. The van der Waals surface area contributed by atoms with Gasteiger partial charge in [0.05, 0.1) is 31.3 Å². The first-order valence-electron chi connectivity index (χ1n) is 9.14. The van der Waals surface area contributed by atoms with E-state index >= 15 is 0 Å². The summed E-state index contributed by atoms with van der Waals surface area (Å²) in [6.07, 6.45) is 1.54. The molecule has 158 valence electrons. The fraction of sp³-hybridized carbons (Fsp3) is 0.238. The number of hydrogen-bond donors (Lipinski definition) is 2. The summed E-state index contributed by atoms with van der Waals surface area (Å²) in [6.45, 7) is 0. The minimum absolute atomic E-state index is 0.0215. The van der Waals surface area contributed by atoms with Gasteiger partial charge in [-0.2, -0.15) is 0 Å². The van der Waals surface area contributed by atoms with Gasteiger partial charge < -0.3 is 20.1 Å². The number of methoxy groups -OCH3 is 2. The van der Waals surface area contributed by atoms with E-state index in [2.05, 4.69) is 10.6 Å². The minimum atomic E-state index is -3.22. The number of carbonyl (C=O) groups excluding carboxylic acids is 2. The van der Waals surface area contributed by atoms with Crippen molar-refractivity contribution >= 4 is 33.0 Å². The number of anilines is 2. The predicted molar refractivity (Wildman–Crippen MR) is 114 cm³/mol. The van der Waals surface area contributed by atoms with Gasteiger partial charge in [0.15, 0.2) is 9.84 Å². The van der Waals surface area contributed by atoms with Gasteiger partial charge in [0.1, 0.15) is 11.5 Å². The summed E-state index contributed by atoms with van der Waals surface area (Å²) in [6, 6.07) is 11.8. The second-order valence-corrected chi connectivity index (χ2v) is 8.67. The summed E-state index contributed by atoms with van der Waals surface area (Å²) >= 11 is 0. The zero-order chi connectivity index (χ0) is 21.7. The van der Waals surface area contributed by atoms with E-state index in [0.29, 0.717) is 28.4 Å². The van der Waals surface area contributed by atoms with Crippen LogP contribution in [0.25, 0.3) is 0 Å². The first kappa shape index (κ1) is 21.4. The molecule has 30 heavy (non-hydrogen) atoms. The molecule has 1 atom stereocenters. The average molecular weight is 430 g/mol. The van der Waals surface area contributed by atoms with Crippen LogP contribution in [-0.4, -0.2) is 40.2 Å². The summed E-state index contributed by atoms with van der Waals surface area (Å²) in [5.74, 6) is -0.469. The van der Waals surface area contributed by atoms with Crippen LogP contribution in [0.3, 0.4) is 0 Å². The molecule has 1 aliphatic rings. The van der Waals surface area contributed by atoms with Crippen molar-refractivity contribution in [1.29, 1.82) is 0 Å². The first-order valence-corrected chi connectivity index (χ1v) is 10.9. The smallest absolute Gasteiger partial charge is 0.255 e. The maximum absolute atomic E-state index is 12.5. The van der Waals surface area contributed by atoms with E-state index in [-0.39, 0.29) is 29.9 Å². The van der Waals surface area contributed by atoms with Crippen LogP contribution in [0.2, 0.25) is 0 Å². The molecule has 0 unspecified atom stereocenters. The van der Waals surface area contributed by atoms with Gasteiger partial charge in [-0.25, -0.2) is 8.42 Å². The molecule has 0 spiro atoms. The Morgan fingerprint density at radius 1 is 1.00 bits per heavy atom. The third kappa shape index (κ3) is 5.18. The van der Waals surface area contributed by atoms with Crippen LogP contribution in [0.1, 0.15) is 16.8 Å². The van der Waals surface area contributed by atoms with Crippen molar-refractivity contribution in [3.05, 3.63) is 59.5 Å². The van der Waals surface area contributed by atoms with E-state index in [0.717, 1.165) is 5.41 Å². The third-order valence-corrected chi connectivity index (χ3v) is 6.00. The van der Waals surface area contributed by atoms with Gasteiger partial charge in [0.25, 0.3) is 5.91 Å². The number of carbonyl (C=O) groups is 2. The van der Waals surface area contributed by atoms with Crippen LogP contribution in [0.5, 0.6) is 11.5 Å². The quantitative estimate of drug-likeness (QED) is 0.699. The monoisotopic (exact) mass is 430 g/mol. The molecule has 2 amide bonds. The van der Waals surface area contributed by atoms with Gasteiger partial charge in [0.2, 0.25) is 5.91 Å². The van der Waals surface area contributed by atoms with Crippen molar-refractivity contribution in [2.75, 3.05) is 30.6 Å². The van der Waals surface area contributed by atoms with E-state index in [9.17, 15) is 18.0 Å². The second-order valence-electron chi connectivity index (χ2n) is 6.74. The summed E-state index contributed by atoms with van der Waals surface area (Å²) in [5, 5.41) is 6.62. The van der Waals surface area contributed by atoms with Crippen molar-refractivity contribution in [3.63, 3.8) is 0 Å². The number of benzene rings is 2. The van der Waals surface area contributed by atoms with Crippen LogP contribution < -0.4 is 20.1 Å². The van der Waals surface area contributed by atoms with E-state index < -0.39 is 9.84 Å². The van der Waals surface area contributed by atoms with Gasteiger partial charge >= 0.3 is 0 Å². The summed E-state index contributed by atoms with van der Waals surface area (Å²) < 4.78 is 33.7. The van der Waals surface area contributed by atoms with E-state index in [1.807, 2.05) is 6.07 Å². The molecular weight excluding hydrogens is 408 g/mol. The van der Waals surface area contributed by atoms with E-state index in [1.54, 1.807) is 36.4 Å².